The molecular weight excluding hydrogens is 277 g/mol. The van der Waals surface area contributed by atoms with Gasteiger partial charge in [-0.15, -0.1) is 0 Å². The number of aldehydes is 1. The number of allylic oxidation sites excluding steroid dienone is 1. The third-order valence-corrected chi connectivity index (χ3v) is 3.25. The number of halogens is 3. The normalized spacial score (nSPS) is 13.2. The van der Waals surface area contributed by atoms with Crippen LogP contribution in [0.1, 0.15) is 50.8 Å². The van der Waals surface area contributed by atoms with Crippen molar-refractivity contribution in [3.63, 3.8) is 0 Å². The van der Waals surface area contributed by atoms with Crippen LogP contribution in [-0.4, -0.2) is 6.29 Å². The van der Waals surface area contributed by atoms with E-state index in [1.165, 1.54) is 6.07 Å². The van der Waals surface area contributed by atoms with E-state index in [0.717, 1.165) is 24.1 Å². The molecule has 0 aromatic heterocycles. The Labute approximate surface area is 124 Å². The monoisotopic (exact) mass is 300 g/mol. The summed E-state index contributed by atoms with van der Waals surface area (Å²) >= 11 is 0. The first-order valence-corrected chi connectivity index (χ1v) is 7.14. The van der Waals surface area contributed by atoms with Crippen molar-refractivity contribution >= 4 is 12.4 Å². The van der Waals surface area contributed by atoms with Gasteiger partial charge in [0.15, 0.2) is 0 Å². The third kappa shape index (κ3) is 5.74. The number of alkyl halides is 3. The lowest BCUT2D eigenvalue weighted by Crippen LogP contribution is -2.06. The fraction of sp³-hybridized carbons (Fsp3) is 0.471. The van der Waals surface area contributed by atoms with E-state index >= 15 is 0 Å². The summed E-state index contributed by atoms with van der Waals surface area (Å²) in [6.07, 6.45) is -1.34. The lowest BCUT2D eigenvalue weighted by Gasteiger charge is -2.12. The Morgan fingerprint density at radius 1 is 1.29 bits per heavy atom. The number of carbonyl (C=O) groups excluding carboxylic acids is 1. The molecule has 0 radical (unpaired) electrons. The van der Waals surface area contributed by atoms with Gasteiger partial charge in [0.25, 0.3) is 0 Å². The van der Waals surface area contributed by atoms with Gasteiger partial charge in [0.1, 0.15) is 6.29 Å². The van der Waals surface area contributed by atoms with Gasteiger partial charge in [0, 0.05) is 0 Å². The first-order chi connectivity index (χ1) is 9.79. The fourth-order valence-electron chi connectivity index (χ4n) is 1.68. The molecule has 1 atom stereocenters. The maximum absolute atomic E-state index is 12.7. The van der Waals surface area contributed by atoms with E-state index in [4.69, 9.17) is 0 Å². The molecule has 0 heterocycles. The van der Waals surface area contributed by atoms with Crippen LogP contribution >= 0.6 is 0 Å². The van der Waals surface area contributed by atoms with Crippen LogP contribution < -0.4 is 0 Å². The molecule has 1 aromatic carbocycles. The summed E-state index contributed by atoms with van der Waals surface area (Å²) < 4.78 is 38.0. The second-order valence-electron chi connectivity index (χ2n) is 4.64. The van der Waals surface area contributed by atoms with Crippen LogP contribution in [0.15, 0.2) is 23.8 Å². The molecule has 0 saturated heterocycles. The van der Waals surface area contributed by atoms with Gasteiger partial charge in [0.2, 0.25) is 0 Å². The zero-order chi connectivity index (χ0) is 16.6. The van der Waals surface area contributed by atoms with Crippen molar-refractivity contribution in [2.75, 3.05) is 0 Å². The number of benzene rings is 1. The molecule has 1 nitrogen and oxygen atoms in total. The highest BCUT2D eigenvalue weighted by Gasteiger charge is 2.30. The predicted molar refractivity (Wildman–Crippen MR) is 81.0 cm³/mol. The van der Waals surface area contributed by atoms with Crippen molar-refractivity contribution < 1.29 is 18.0 Å². The van der Waals surface area contributed by atoms with E-state index in [2.05, 4.69) is 0 Å². The minimum absolute atomic E-state index is 0.0337. The summed E-state index contributed by atoms with van der Waals surface area (Å²) in [4.78, 5) is 11.0. The Morgan fingerprint density at radius 2 is 1.86 bits per heavy atom. The SMILES string of the molecule is CC.CCC(C)/C(C=O)=C\c1cc(C(F)(F)F)ccc1C. The molecule has 0 fully saturated rings. The van der Waals surface area contributed by atoms with Crippen LogP contribution in [0, 0.1) is 12.8 Å². The van der Waals surface area contributed by atoms with Crippen molar-refractivity contribution in [3.8, 4) is 0 Å². The summed E-state index contributed by atoms with van der Waals surface area (Å²) in [7, 11) is 0. The van der Waals surface area contributed by atoms with Gasteiger partial charge < -0.3 is 0 Å². The lowest BCUT2D eigenvalue weighted by atomic mass is 9.95. The standard InChI is InChI=1S/C15H17F3O.C2H6/c1-4-10(2)13(9-19)7-12-8-14(15(16,17)18)6-5-11(12)3;1-2/h5-10H,4H2,1-3H3;1-2H3/b13-7-;. The minimum atomic E-state index is -4.37. The van der Waals surface area contributed by atoms with Gasteiger partial charge in [-0.2, -0.15) is 13.2 Å². The molecule has 1 rings (SSSR count). The quantitative estimate of drug-likeness (QED) is 0.517. The van der Waals surface area contributed by atoms with E-state index in [9.17, 15) is 18.0 Å². The minimum Gasteiger partial charge on any atom is -0.298 e. The molecule has 0 saturated carbocycles. The zero-order valence-electron chi connectivity index (χ0n) is 13.2. The molecule has 21 heavy (non-hydrogen) atoms. The molecule has 4 heteroatoms. The second-order valence-corrected chi connectivity index (χ2v) is 4.64. The summed E-state index contributed by atoms with van der Waals surface area (Å²) in [5, 5.41) is 0. The van der Waals surface area contributed by atoms with Gasteiger partial charge in [-0.05, 0) is 54.2 Å². The summed E-state index contributed by atoms with van der Waals surface area (Å²) in [6, 6.07) is 3.56. The molecule has 0 spiro atoms. The van der Waals surface area contributed by atoms with Crippen molar-refractivity contribution in [2.24, 2.45) is 5.92 Å². The van der Waals surface area contributed by atoms with Gasteiger partial charge in [-0.25, -0.2) is 0 Å². The molecule has 0 bridgehead atoms. The average molecular weight is 300 g/mol. The van der Waals surface area contributed by atoms with Crippen molar-refractivity contribution in [1.29, 1.82) is 0 Å². The van der Waals surface area contributed by atoms with E-state index in [0.29, 0.717) is 17.4 Å². The predicted octanol–water partition coefficient (Wildman–Crippen LogP) is 5.67. The fourth-order valence-corrected chi connectivity index (χ4v) is 1.68. The first-order valence-electron chi connectivity index (χ1n) is 7.14. The second kappa shape index (κ2) is 8.65. The summed E-state index contributed by atoms with van der Waals surface area (Å²) in [6.45, 7) is 9.54. The summed E-state index contributed by atoms with van der Waals surface area (Å²) in [5.74, 6) is 0.0337. The van der Waals surface area contributed by atoms with E-state index in [-0.39, 0.29) is 5.92 Å². The number of hydrogen-bond donors (Lipinski definition) is 0. The molecule has 1 aromatic rings. The number of carbonyl (C=O) groups is 1. The molecule has 0 aliphatic carbocycles. The van der Waals surface area contributed by atoms with Crippen LogP contribution in [-0.2, 0) is 11.0 Å². The topological polar surface area (TPSA) is 17.1 Å². The Kier molecular flexibility index (Phi) is 8.00. The van der Waals surface area contributed by atoms with Gasteiger partial charge in [-0.1, -0.05) is 33.8 Å². The molecule has 118 valence electrons. The smallest absolute Gasteiger partial charge is 0.298 e. The van der Waals surface area contributed by atoms with Crippen LogP contribution in [0.5, 0.6) is 0 Å². The Balaban J connectivity index is 0.00000191. The van der Waals surface area contributed by atoms with E-state index in [1.54, 1.807) is 13.0 Å². The molecule has 0 amide bonds. The van der Waals surface area contributed by atoms with E-state index in [1.807, 2.05) is 27.7 Å². The highest BCUT2D eigenvalue weighted by molar-refractivity contribution is 5.82. The van der Waals surface area contributed by atoms with Gasteiger partial charge in [-0.3, -0.25) is 4.79 Å². The van der Waals surface area contributed by atoms with Crippen molar-refractivity contribution in [2.45, 2.75) is 47.2 Å². The zero-order valence-corrected chi connectivity index (χ0v) is 13.2. The first kappa shape index (κ1) is 19.4. The van der Waals surface area contributed by atoms with Crippen LogP contribution in [0.25, 0.3) is 6.08 Å². The largest absolute Gasteiger partial charge is 0.416 e. The van der Waals surface area contributed by atoms with Crippen LogP contribution in [0.4, 0.5) is 13.2 Å². The third-order valence-electron chi connectivity index (χ3n) is 3.25. The Morgan fingerprint density at radius 3 is 2.29 bits per heavy atom. The number of aryl methyl sites for hydroxylation is 1. The van der Waals surface area contributed by atoms with Crippen molar-refractivity contribution in [3.05, 3.63) is 40.5 Å². The van der Waals surface area contributed by atoms with Crippen LogP contribution in [0.2, 0.25) is 0 Å². The highest BCUT2D eigenvalue weighted by Crippen LogP contribution is 2.31. The van der Waals surface area contributed by atoms with Crippen molar-refractivity contribution in [1.82, 2.24) is 0 Å². The highest BCUT2D eigenvalue weighted by atomic mass is 19.4. The summed E-state index contributed by atoms with van der Waals surface area (Å²) in [5.41, 5.74) is 0.983. The Bertz CT molecular complexity index is 487. The van der Waals surface area contributed by atoms with Gasteiger partial charge in [0.05, 0.1) is 5.56 Å². The van der Waals surface area contributed by atoms with E-state index < -0.39 is 11.7 Å². The number of rotatable bonds is 4. The molecule has 0 aliphatic heterocycles. The maximum atomic E-state index is 12.7. The number of hydrogen-bond acceptors (Lipinski definition) is 1. The molecule has 0 N–H and O–H groups in total. The molecule has 1 unspecified atom stereocenters. The molecular formula is C17H23F3O. The maximum Gasteiger partial charge on any atom is 0.416 e. The lowest BCUT2D eigenvalue weighted by molar-refractivity contribution is -0.137. The molecule has 0 aliphatic rings. The Hall–Kier alpha value is -1.58. The average Bonchev–Trinajstić information content (AvgIpc) is 2.46. The van der Waals surface area contributed by atoms with Crippen LogP contribution in [0.3, 0.4) is 0 Å². The van der Waals surface area contributed by atoms with Gasteiger partial charge >= 0.3 is 6.18 Å².